The molecule has 0 aliphatic carbocycles. The summed E-state index contributed by atoms with van der Waals surface area (Å²) in [5, 5.41) is 10.2. The lowest BCUT2D eigenvalue weighted by molar-refractivity contribution is 0.0697. The third-order valence-electron chi connectivity index (χ3n) is 5.06. The number of fused-ring (bicyclic) bond motifs is 1. The van der Waals surface area contributed by atoms with E-state index in [9.17, 15) is 9.59 Å². The average molecular weight is 439 g/mol. The summed E-state index contributed by atoms with van der Waals surface area (Å²) in [4.78, 5) is 28.4. The van der Waals surface area contributed by atoms with Gasteiger partial charge in [0.05, 0.1) is 29.4 Å². The van der Waals surface area contributed by atoms with E-state index in [1.54, 1.807) is 6.08 Å². The lowest BCUT2D eigenvalue weighted by Crippen LogP contribution is -2.03. The molecule has 0 atom stereocenters. The van der Waals surface area contributed by atoms with Crippen molar-refractivity contribution in [1.29, 1.82) is 0 Å². The van der Waals surface area contributed by atoms with Gasteiger partial charge in [0.2, 0.25) is 0 Å². The number of methoxy groups -OCH3 is 1. The van der Waals surface area contributed by atoms with Crippen molar-refractivity contribution >= 4 is 28.7 Å². The molecule has 0 saturated carbocycles. The van der Waals surface area contributed by atoms with Gasteiger partial charge in [-0.25, -0.2) is 9.78 Å². The van der Waals surface area contributed by atoms with Gasteiger partial charge in [-0.1, -0.05) is 42.5 Å². The Balaban J connectivity index is 1.41. The molecule has 1 aromatic heterocycles. The summed E-state index contributed by atoms with van der Waals surface area (Å²) in [5.74, 6) is -0.451. The van der Waals surface area contributed by atoms with E-state index in [-0.39, 0.29) is 16.9 Å². The number of ketones is 1. The van der Waals surface area contributed by atoms with Gasteiger partial charge in [-0.3, -0.25) is 4.79 Å². The number of allylic oxidation sites excluding steroid dienone is 1. The van der Waals surface area contributed by atoms with Crippen LogP contribution in [0.4, 0.5) is 0 Å². The number of carbonyl (C=O) groups is 2. The number of carboxylic acids is 1. The van der Waals surface area contributed by atoms with Crippen LogP contribution in [0.15, 0.2) is 84.9 Å². The molecule has 0 fully saturated rings. The van der Waals surface area contributed by atoms with Gasteiger partial charge in [-0.2, -0.15) is 0 Å². The van der Waals surface area contributed by atoms with E-state index in [1.807, 2.05) is 60.7 Å². The van der Waals surface area contributed by atoms with Gasteiger partial charge in [-0.15, -0.1) is 0 Å². The van der Waals surface area contributed by atoms with Gasteiger partial charge in [-0.05, 0) is 54.1 Å². The molecule has 0 aliphatic rings. The Bertz CT molecular complexity index is 1340. The minimum atomic E-state index is -1.11. The number of para-hydroxylation sites is 1. The molecule has 0 spiro atoms. The maximum absolute atomic E-state index is 12.6. The summed E-state index contributed by atoms with van der Waals surface area (Å²) in [6.45, 7) is 0.345. The standard InChI is InChI=1S/C27H21NO5/c1-32-26-15-10-20(27(30)31)16-23(26)25(29)14-8-18-6-12-22(13-7-18)33-17-21-11-9-19-4-2-3-5-24(19)28-21/h2-16H,17H2,1H3,(H,30,31)/b14-8+. The summed E-state index contributed by atoms with van der Waals surface area (Å²) in [6, 6.07) is 23.4. The summed E-state index contributed by atoms with van der Waals surface area (Å²) in [7, 11) is 1.43. The molecule has 0 bridgehead atoms. The molecule has 1 heterocycles. The Hall–Kier alpha value is -4.45. The number of hydrogen-bond acceptors (Lipinski definition) is 5. The molecule has 0 aliphatic heterocycles. The molecule has 0 radical (unpaired) electrons. The number of hydrogen-bond donors (Lipinski definition) is 1. The smallest absolute Gasteiger partial charge is 0.335 e. The number of rotatable bonds is 8. The van der Waals surface area contributed by atoms with Gasteiger partial charge < -0.3 is 14.6 Å². The van der Waals surface area contributed by atoms with E-state index >= 15 is 0 Å². The van der Waals surface area contributed by atoms with Crippen molar-refractivity contribution in [1.82, 2.24) is 4.98 Å². The topological polar surface area (TPSA) is 85.7 Å². The zero-order chi connectivity index (χ0) is 23.2. The lowest BCUT2D eigenvalue weighted by Gasteiger charge is -2.07. The molecule has 0 amide bonds. The van der Waals surface area contributed by atoms with Crippen LogP contribution in [0.25, 0.3) is 17.0 Å². The number of carbonyl (C=O) groups excluding carboxylic acids is 1. The van der Waals surface area contributed by atoms with E-state index in [1.165, 1.54) is 31.4 Å². The second kappa shape index (κ2) is 9.78. The molecule has 3 aromatic carbocycles. The number of ether oxygens (including phenoxy) is 2. The summed E-state index contributed by atoms with van der Waals surface area (Å²) in [5.41, 5.74) is 2.77. The Morgan fingerprint density at radius 3 is 2.52 bits per heavy atom. The van der Waals surface area contributed by atoms with Crippen molar-refractivity contribution in [2.24, 2.45) is 0 Å². The Kier molecular flexibility index (Phi) is 6.45. The summed E-state index contributed by atoms with van der Waals surface area (Å²) in [6.07, 6.45) is 3.04. The van der Waals surface area contributed by atoms with E-state index < -0.39 is 5.97 Å². The molecular weight excluding hydrogens is 418 g/mol. The van der Waals surface area contributed by atoms with Crippen LogP contribution in [0.5, 0.6) is 11.5 Å². The fraction of sp³-hybridized carbons (Fsp3) is 0.0741. The molecular formula is C27H21NO5. The molecule has 4 rings (SSSR count). The number of nitrogens with zero attached hydrogens (tertiary/aromatic N) is 1. The van der Waals surface area contributed by atoms with Crippen LogP contribution in [0.1, 0.15) is 32.0 Å². The third kappa shape index (κ3) is 5.25. The maximum Gasteiger partial charge on any atom is 0.335 e. The van der Waals surface area contributed by atoms with Crippen LogP contribution in [0.2, 0.25) is 0 Å². The Morgan fingerprint density at radius 1 is 0.970 bits per heavy atom. The quantitative estimate of drug-likeness (QED) is 0.292. The van der Waals surface area contributed by atoms with Crippen molar-refractivity contribution in [2.75, 3.05) is 7.11 Å². The highest BCUT2D eigenvalue weighted by Crippen LogP contribution is 2.22. The molecule has 6 heteroatoms. The number of carboxylic acid groups (broad SMARTS) is 1. The zero-order valence-corrected chi connectivity index (χ0v) is 17.9. The first-order valence-corrected chi connectivity index (χ1v) is 10.2. The number of pyridine rings is 1. The maximum atomic E-state index is 12.6. The van der Waals surface area contributed by atoms with Gasteiger partial charge in [0.1, 0.15) is 18.1 Å². The van der Waals surface area contributed by atoms with Gasteiger partial charge in [0, 0.05) is 5.39 Å². The lowest BCUT2D eigenvalue weighted by atomic mass is 10.0. The van der Waals surface area contributed by atoms with E-state index in [4.69, 9.17) is 14.6 Å². The van der Waals surface area contributed by atoms with Crippen LogP contribution >= 0.6 is 0 Å². The highest BCUT2D eigenvalue weighted by atomic mass is 16.5. The fourth-order valence-electron chi connectivity index (χ4n) is 3.32. The Morgan fingerprint density at radius 2 is 1.76 bits per heavy atom. The normalized spacial score (nSPS) is 10.9. The van der Waals surface area contributed by atoms with E-state index in [2.05, 4.69) is 4.98 Å². The van der Waals surface area contributed by atoms with E-state index in [0.29, 0.717) is 18.1 Å². The third-order valence-corrected chi connectivity index (χ3v) is 5.06. The van der Waals surface area contributed by atoms with Crippen LogP contribution in [-0.2, 0) is 6.61 Å². The molecule has 4 aromatic rings. The van der Waals surface area contributed by atoms with Crippen molar-refractivity contribution in [3.8, 4) is 11.5 Å². The van der Waals surface area contributed by atoms with Gasteiger partial charge >= 0.3 is 5.97 Å². The van der Waals surface area contributed by atoms with Crippen LogP contribution in [0.3, 0.4) is 0 Å². The fourth-order valence-corrected chi connectivity index (χ4v) is 3.32. The second-order valence-corrected chi connectivity index (χ2v) is 7.27. The largest absolute Gasteiger partial charge is 0.496 e. The van der Waals surface area contributed by atoms with Crippen LogP contribution in [-0.4, -0.2) is 29.0 Å². The van der Waals surface area contributed by atoms with Gasteiger partial charge in [0.15, 0.2) is 5.78 Å². The monoisotopic (exact) mass is 439 g/mol. The second-order valence-electron chi connectivity index (χ2n) is 7.27. The molecule has 0 saturated heterocycles. The minimum Gasteiger partial charge on any atom is -0.496 e. The molecule has 164 valence electrons. The molecule has 1 N–H and O–H groups in total. The first-order chi connectivity index (χ1) is 16.0. The first kappa shape index (κ1) is 21.8. The Labute approximate surface area is 190 Å². The number of aromatic carboxylic acids is 1. The number of benzene rings is 3. The van der Waals surface area contributed by atoms with Crippen molar-refractivity contribution < 1.29 is 24.2 Å². The summed E-state index contributed by atoms with van der Waals surface area (Å²) >= 11 is 0. The predicted molar refractivity (Wildman–Crippen MR) is 126 cm³/mol. The van der Waals surface area contributed by atoms with Crippen LogP contribution < -0.4 is 9.47 Å². The molecule has 0 unspecified atom stereocenters. The van der Waals surface area contributed by atoms with Crippen molar-refractivity contribution in [3.05, 3.63) is 107 Å². The highest BCUT2D eigenvalue weighted by molar-refractivity contribution is 6.09. The van der Waals surface area contributed by atoms with E-state index in [0.717, 1.165) is 22.2 Å². The minimum absolute atomic E-state index is 0.0231. The van der Waals surface area contributed by atoms with Crippen LogP contribution in [0, 0.1) is 0 Å². The van der Waals surface area contributed by atoms with Gasteiger partial charge in [0.25, 0.3) is 0 Å². The molecule has 33 heavy (non-hydrogen) atoms. The predicted octanol–water partition coefficient (Wildman–Crippen LogP) is 5.42. The molecule has 6 nitrogen and oxygen atoms in total. The SMILES string of the molecule is COc1ccc(C(=O)O)cc1C(=O)/C=C/c1ccc(OCc2ccc3ccccc3n2)cc1. The first-order valence-electron chi connectivity index (χ1n) is 10.2. The van der Waals surface area contributed by atoms with Crippen molar-refractivity contribution in [2.45, 2.75) is 6.61 Å². The number of aromatic nitrogens is 1. The summed E-state index contributed by atoms with van der Waals surface area (Å²) < 4.78 is 11.0. The highest BCUT2D eigenvalue weighted by Gasteiger charge is 2.13. The van der Waals surface area contributed by atoms with Crippen molar-refractivity contribution in [3.63, 3.8) is 0 Å². The average Bonchev–Trinajstić information content (AvgIpc) is 2.86. The zero-order valence-electron chi connectivity index (χ0n) is 17.9.